The highest BCUT2D eigenvalue weighted by atomic mass is 16.3. The van der Waals surface area contributed by atoms with Crippen LogP contribution >= 0.6 is 0 Å². The summed E-state index contributed by atoms with van der Waals surface area (Å²) >= 11 is 0. The molecule has 2 rings (SSSR count). The Morgan fingerprint density at radius 3 is 2.67 bits per heavy atom. The first-order chi connectivity index (χ1) is 8.48. The van der Waals surface area contributed by atoms with Gasteiger partial charge in [0.15, 0.2) is 0 Å². The van der Waals surface area contributed by atoms with Gasteiger partial charge in [0.1, 0.15) is 5.75 Å². The van der Waals surface area contributed by atoms with Gasteiger partial charge in [-0.15, -0.1) is 0 Å². The molecule has 0 unspecified atom stereocenters. The molecule has 1 N–H and O–H groups in total. The number of phenols is 1. The largest absolute Gasteiger partial charge is 0.507 e. The molecule has 0 aliphatic carbocycles. The topological polar surface area (TPSA) is 50.4 Å². The first kappa shape index (κ1) is 12.4. The van der Waals surface area contributed by atoms with Gasteiger partial charge < -0.3 is 5.11 Å². The minimum atomic E-state index is -0.0976. The van der Waals surface area contributed by atoms with Gasteiger partial charge in [-0.1, -0.05) is 32.9 Å². The monoisotopic (exact) mass is 243 g/mol. The molecule has 1 aromatic carbocycles. The summed E-state index contributed by atoms with van der Waals surface area (Å²) in [6.45, 7) is 6.20. The van der Waals surface area contributed by atoms with Crippen molar-refractivity contribution >= 4 is 6.21 Å². The Hall–Kier alpha value is -2.10. The number of aromatic hydroxyl groups is 1. The third-order valence-electron chi connectivity index (χ3n) is 2.68. The molecule has 4 heteroatoms. The molecular weight excluding hydrogens is 226 g/mol. The quantitative estimate of drug-likeness (QED) is 0.824. The van der Waals surface area contributed by atoms with E-state index in [9.17, 15) is 5.11 Å². The molecule has 0 aliphatic rings. The minimum Gasteiger partial charge on any atom is -0.507 e. The van der Waals surface area contributed by atoms with Gasteiger partial charge in [0.05, 0.1) is 18.6 Å². The maximum absolute atomic E-state index is 10.2. The predicted octanol–water partition coefficient (Wildman–Crippen LogP) is 2.77. The summed E-state index contributed by atoms with van der Waals surface area (Å²) in [5.41, 5.74) is 1.50. The lowest BCUT2D eigenvalue weighted by molar-refractivity contribution is 0.446. The molecule has 0 aliphatic heterocycles. The van der Waals surface area contributed by atoms with Crippen molar-refractivity contribution in [1.29, 1.82) is 0 Å². The molecule has 0 fully saturated rings. The molecule has 4 nitrogen and oxygen atoms in total. The minimum absolute atomic E-state index is 0.0976. The van der Waals surface area contributed by atoms with E-state index in [1.807, 2.05) is 18.2 Å². The maximum atomic E-state index is 10.2. The Kier molecular flexibility index (Phi) is 3.19. The van der Waals surface area contributed by atoms with Crippen molar-refractivity contribution in [1.82, 2.24) is 9.89 Å². The second-order valence-electron chi connectivity index (χ2n) is 5.16. The second-order valence-corrected chi connectivity index (χ2v) is 5.16. The Balaban J connectivity index is 2.35. The molecular formula is C14H17N3O. The molecule has 0 saturated carbocycles. The zero-order chi connectivity index (χ0) is 13.2. The third-order valence-corrected chi connectivity index (χ3v) is 2.68. The summed E-state index contributed by atoms with van der Waals surface area (Å²) in [6.07, 6.45) is 5.00. The van der Waals surface area contributed by atoms with Crippen LogP contribution in [0, 0.1) is 0 Å². The molecule has 18 heavy (non-hydrogen) atoms. The van der Waals surface area contributed by atoms with Gasteiger partial charge in [-0.3, -0.25) is 0 Å². The summed E-state index contributed by atoms with van der Waals surface area (Å²) in [6, 6.07) is 7.48. The van der Waals surface area contributed by atoms with Crippen molar-refractivity contribution in [2.75, 3.05) is 0 Å². The van der Waals surface area contributed by atoms with Crippen molar-refractivity contribution in [2.45, 2.75) is 26.2 Å². The van der Waals surface area contributed by atoms with Crippen LogP contribution < -0.4 is 0 Å². The fourth-order valence-corrected chi connectivity index (χ4v) is 1.72. The van der Waals surface area contributed by atoms with Gasteiger partial charge in [-0.2, -0.15) is 15.0 Å². The molecule has 0 spiro atoms. The van der Waals surface area contributed by atoms with Crippen LogP contribution in [0.2, 0.25) is 0 Å². The summed E-state index contributed by atoms with van der Waals surface area (Å²) in [7, 11) is 0. The van der Waals surface area contributed by atoms with Crippen LogP contribution in [0.25, 0.3) is 0 Å². The zero-order valence-electron chi connectivity index (χ0n) is 10.8. The number of hydrogen-bond donors (Lipinski definition) is 1. The highest BCUT2D eigenvalue weighted by molar-refractivity contribution is 5.84. The lowest BCUT2D eigenvalue weighted by atomic mass is 9.85. The smallest absolute Gasteiger partial charge is 0.128 e. The lowest BCUT2D eigenvalue weighted by Crippen LogP contribution is -2.11. The normalized spacial score (nSPS) is 12.2. The Morgan fingerprint density at radius 2 is 2.06 bits per heavy atom. The number of rotatable bonds is 2. The third kappa shape index (κ3) is 2.59. The molecule has 0 amide bonds. The molecule has 1 heterocycles. The fourth-order valence-electron chi connectivity index (χ4n) is 1.72. The zero-order valence-corrected chi connectivity index (χ0v) is 10.8. The van der Waals surface area contributed by atoms with Crippen molar-refractivity contribution in [3.8, 4) is 5.75 Å². The van der Waals surface area contributed by atoms with Crippen LogP contribution in [-0.2, 0) is 5.41 Å². The van der Waals surface area contributed by atoms with E-state index in [-0.39, 0.29) is 11.2 Å². The number of benzene rings is 1. The van der Waals surface area contributed by atoms with Crippen LogP contribution in [-0.4, -0.2) is 21.2 Å². The van der Waals surface area contributed by atoms with Crippen molar-refractivity contribution in [3.05, 3.63) is 47.8 Å². The number of aromatic nitrogens is 2. The average Bonchev–Trinajstić information content (AvgIpc) is 2.79. The molecule has 1 aromatic heterocycles. The molecule has 0 atom stereocenters. The van der Waals surface area contributed by atoms with Gasteiger partial charge in [-0.25, -0.2) is 0 Å². The number of para-hydroxylation sites is 1. The summed E-state index contributed by atoms with van der Waals surface area (Å²) in [5.74, 6) is 0.279. The van der Waals surface area contributed by atoms with Crippen LogP contribution in [0.1, 0.15) is 31.9 Å². The van der Waals surface area contributed by atoms with E-state index in [1.165, 1.54) is 4.79 Å². The fraction of sp³-hybridized carbons (Fsp3) is 0.286. The molecule has 0 bridgehead atoms. The summed E-state index contributed by atoms with van der Waals surface area (Å²) < 4.78 is 0. The van der Waals surface area contributed by atoms with E-state index in [4.69, 9.17) is 0 Å². The molecule has 0 saturated heterocycles. The Bertz CT molecular complexity index is 551. The number of nitrogens with zero attached hydrogens (tertiary/aromatic N) is 3. The second kappa shape index (κ2) is 4.64. The number of phenolic OH excluding ortho intramolecular Hbond substituents is 1. The van der Waals surface area contributed by atoms with E-state index < -0.39 is 0 Å². The molecule has 0 radical (unpaired) electrons. The lowest BCUT2D eigenvalue weighted by Gasteiger charge is -2.21. The van der Waals surface area contributed by atoms with E-state index in [1.54, 1.807) is 24.7 Å². The van der Waals surface area contributed by atoms with Crippen LogP contribution in [0.15, 0.2) is 41.8 Å². The number of hydrogen-bond acceptors (Lipinski definition) is 3. The molecule has 2 aromatic rings. The van der Waals surface area contributed by atoms with Gasteiger partial charge in [0.25, 0.3) is 0 Å². The van der Waals surface area contributed by atoms with Crippen LogP contribution in [0.5, 0.6) is 5.75 Å². The highest BCUT2D eigenvalue weighted by Crippen LogP contribution is 2.32. The standard InChI is InChI=1S/C14H17N3O/c1-14(2,3)12-7-4-6-11(13(12)18)10-16-17-9-5-8-15-17/h4-10,18H,1-3H3. The van der Waals surface area contributed by atoms with Crippen molar-refractivity contribution in [3.63, 3.8) is 0 Å². The van der Waals surface area contributed by atoms with E-state index in [0.29, 0.717) is 5.56 Å². The Labute approximate surface area is 107 Å². The summed E-state index contributed by atoms with van der Waals surface area (Å²) in [4.78, 5) is 1.45. The van der Waals surface area contributed by atoms with Gasteiger partial charge >= 0.3 is 0 Å². The maximum Gasteiger partial charge on any atom is 0.128 e. The van der Waals surface area contributed by atoms with Crippen LogP contribution in [0.3, 0.4) is 0 Å². The SMILES string of the molecule is CC(C)(C)c1cccc(C=Nn2cccn2)c1O. The van der Waals surface area contributed by atoms with Crippen LogP contribution in [0.4, 0.5) is 0 Å². The first-order valence-corrected chi connectivity index (χ1v) is 5.85. The van der Waals surface area contributed by atoms with E-state index >= 15 is 0 Å². The predicted molar refractivity (Wildman–Crippen MR) is 72.0 cm³/mol. The Morgan fingerprint density at radius 1 is 1.28 bits per heavy atom. The van der Waals surface area contributed by atoms with E-state index in [2.05, 4.69) is 31.0 Å². The van der Waals surface area contributed by atoms with Crippen molar-refractivity contribution in [2.24, 2.45) is 5.10 Å². The van der Waals surface area contributed by atoms with Crippen molar-refractivity contribution < 1.29 is 5.11 Å². The molecule has 94 valence electrons. The highest BCUT2D eigenvalue weighted by Gasteiger charge is 2.19. The summed E-state index contributed by atoms with van der Waals surface area (Å²) in [5, 5.41) is 18.3. The average molecular weight is 243 g/mol. The van der Waals surface area contributed by atoms with Gasteiger partial charge in [0.2, 0.25) is 0 Å². The van der Waals surface area contributed by atoms with E-state index in [0.717, 1.165) is 5.56 Å². The van der Waals surface area contributed by atoms with Gasteiger partial charge in [-0.05, 0) is 23.1 Å². The first-order valence-electron chi connectivity index (χ1n) is 5.85. The van der Waals surface area contributed by atoms with Gasteiger partial charge in [0, 0.05) is 5.56 Å².